The van der Waals surface area contributed by atoms with Gasteiger partial charge < -0.3 is 15.0 Å². The van der Waals surface area contributed by atoms with Gasteiger partial charge in [0.2, 0.25) is 5.95 Å². The highest BCUT2D eigenvalue weighted by molar-refractivity contribution is 5.84. The largest absolute Gasteiger partial charge is 0.489 e. The van der Waals surface area contributed by atoms with Crippen LogP contribution in [0.5, 0.6) is 5.75 Å². The van der Waals surface area contributed by atoms with E-state index in [4.69, 9.17) is 10.5 Å². The van der Waals surface area contributed by atoms with Gasteiger partial charge in [0, 0.05) is 6.54 Å². The number of imidazole rings is 1. The van der Waals surface area contributed by atoms with E-state index in [9.17, 15) is 0 Å². The summed E-state index contributed by atoms with van der Waals surface area (Å²) in [5, 5.41) is 0. The average molecular weight is 287 g/mol. The molecule has 0 bridgehead atoms. The summed E-state index contributed by atoms with van der Waals surface area (Å²) >= 11 is 0. The second kappa shape index (κ2) is 5.24. The summed E-state index contributed by atoms with van der Waals surface area (Å²) in [6, 6.07) is 6.09. The van der Waals surface area contributed by atoms with Crippen LogP contribution in [0.4, 0.5) is 5.95 Å². The van der Waals surface area contributed by atoms with E-state index in [1.54, 1.807) is 0 Å². The van der Waals surface area contributed by atoms with Gasteiger partial charge in [-0.15, -0.1) is 0 Å². The molecule has 1 aliphatic carbocycles. The maximum atomic E-state index is 6.18. The van der Waals surface area contributed by atoms with E-state index in [1.165, 1.54) is 25.7 Å². The van der Waals surface area contributed by atoms with Crippen molar-refractivity contribution in [3.05, 3.63) is 18.2 Å². The minimum absolute atomic E-state index is 0.136. The molecule has 1 aliphatic rings. The van der Waals surface area contributed by atoms with Gasteiger partial charge in [-0.25, -0.2) is 4.98 Å². The Morgan fingerprint density at radius 1 is 1.38 bits per heavy atom. The first-order valence-electron chi connectivity index (χ1n) is 7.96. The first-order chi connectivity index (χ1) is 10.0. The highest BCUT2D eigenvalue weighted by Crippen LogP contribution is 2.51. The second-order valence-corrected chi connectivity index (χ2v) is 6.60. The van der Waals surface area contributed by atoms with Crippen molar-refractivity contribution < 1.29 is 4.74 Å². The fourth-order valence-electron chi connectivity index (χ4n) is 3.18. The Morgan fingerprint density at radius 2 is 2.14 bits per heavy atom. The zero-order valence-electron chi connectivity index (χ0n) is 13.2. The highest BCUT2D eigenvalue weighted by atomic mass is 16.5. The van der Waals surface area contributed by atoms with E-state index in [2.05, 4.69) is 22.5 Å². The fraction of sp³-hybridized carbons (Fsp3) is 0.588. The van der Waals surface area contributed by atoms with Crippen LogP contribution in [0.15, 0.2) is 18.2 Å². The number of benzene rings is 1. The van der Waals surface area contributed by atoms with Gasteiger partial charge in [0.25, 0.3) is 0 Å². The lowest BCUT2D eigenvalue weighted by Crippen LogP contribution is -2.13. The van der Waals surface area contributed by atoms with E-state index >= 15 is 0 Å². The van der Waals surface area contributed by atoms with Crippen LogP contribution in [0.25, 0.3) is 11.0 Å². The molecule has 0 spiro atoms. The maximum Gasteiger partial charge on any atom is 0.201 e. The van der Waals surface area contributed by atoms with E-state index in [1.807, 2.05) is 26.0 Å². The van der Waals surface area contributed by atoms with Crippen LogP contribution in [0.1, 0.15) is 46.5 Å². The van der Waals surface area contributed by atoms with E-state index < -0.39 is 0 Å². The standard InChI is InChI=1S/C17H25N3O/c1-4-8-17(9-10-17)11-20-13-6-5-7-14(21-12(2)3)15(13)19-16(20)18/h5-7,12H,4,8-11H2,1-3H3,(H2,18,19). The van der Waals surface area contributed by atoms with Crippen LogP contribution < -0.4 is 10.5 Å². The number of rotatable bonds is 6. The van der Waals surface area contributed by atoms with Crippen molar-refractivity contribution in [3.8, 4) is 5.75 Å². The predicted molar refractivity (Wildman–Crippen MR) is 86.5 cm³/mol. The van der Waals surface area contributed by atoms with Crippen molar-refractivity contribution >= 4 is 17.0 Å². The SMILES string of the molecule is CCCC1(Cn2c(N)nc3c(OC(C)C)cccc32)CC1. The minimum Gasteiger partial charge on any atom is -0.489 e. The molecule has 1 aromatic carbocycles. The van der Waals surface area contributed by atoms with Crippen LogP contribution in [-0.4, -0.2) is 15.7 Å². The Labute approximate surface area is 126 Å². The van der Waals surface area contributed by atoms with Gasteiger partial charge in [0.1, 0.15) is 11.3 Å². The van der Waals surface area contributed by atoms with Crippen molar-refractivity contribution in [2.75, 3.05) is 5.73 Å². The third-order valence-electron chi connectivity index (χ3n) is 4.37. The summed E-state index contributed by atoms with van der Waals surface area (Å²) < 4.78 is 8.03. The molecule has 2 aromatic rings. The van der Waals surface area contributed by atoms with E-state index in [-0.39, 0.29) is 6.10 Å². The molecule has 3 rings (SSSR count). The van der Waals surface area contributed by atoms with Gasteiger partial charge in [-0.1, -0.05) is 19.4 Å². The summed E-state index contributed by atoms with van der Waals surface area (Å²) in [6.07, 6.45) is 5.25. The Kier molecular flexibility index (Phi) is 3.56. The van der Waals surface area contributed by atoms with Gasteiger partial charge in [0.15, 0.2) is 0 Å². The van der Waals surface area contributed by atoms with Crippen LogP contribution in [0.3, 0.4) is 0 Å². The molecule has 0 amide bonds. The number of hydrogen-bond acceptors (Lipinski definition) is 3. The average Bonchev–Trinajstić information content (AvgIpc) is 3.10. The zero-order chi connectivity index (χ0) is 15.0. The zero-order valence-corrected chi connectivity index (χ0v) is 13.2. The van der Waals surface area contributed by atoms with Crippen molar-refractivity contribution in [1.29, 1.82) is 0 Å². The number of fused-ring (bicyclic) bond motifs is 1. The van der Waals surface area contributed by atoms with Crippen LogP contribution in [0, 0.1) is 5.41 Å². The topological polar surface area (TPSA) is 53.1 Å². The molecule has 1 fully saturated rings. The normalized spacial score (nSPS) is 16.6. The van der Waals surface area contributed by atoms with Crippen LogP contribution in [-0.2, 0) is 6.54 Å². The molecular formula is C17H25N3O. The van der Waals surface area contributed by atoms with Crippen molar-refractivity contribution in [3.63, 3.8) is 0 Å². The van der Waals surface area contributed by atoms with E-state index in [0.29, 0.717) is 11.4 Å². The summed E-state index contributed by atoms with van der Waals surface area (Å²) in [5.41, 5.74) is 8.61. The third kappa shape index (κ3) is 2.71. The highest BCUT2D eigenvalue weighted by Gasteiger charge is 2.42. The molecule has 0 unspecified atom stereocenters. The molecule has 1 heterocycles. The van der Waals surface area contributed by atoms with Crippen molar-refractivity contribution in [2.24, 2.45) is 5.41 Å². The Balaban J connectivity index is 1.98. The monoisotopic (exact) mass is 287 g/mol. The van der Waals surface area contributed by atoms with Crippen molar-refractivity contribution in [1.82, 2.24) is 9.55 Å². The molecular weight excluding hydrogens is 262 g/mol. The van der Waals surface area contributed by atoms with Gasteiger partial charge >= 0.3 is 0 Å². The van der Waals surface area contributed by atoms with Gasteiger partial charge in [-0.2, -0.15) is 0 Å². The van der Waals surface area contributed by atoms with Gasteiger partial charge in [-0.05, 0) is 50.7 Å². The second-order valence-electron chi connectivity index (χ2n) is 6.60. The smallest absolute Gasteiger partial charge is 0.201 e. The lowest BCUT2D eigenvalue weighted by atomic mass is 10.0. The molecule has 2 N–H and O–H groups in total. The van der Waals surface area contributed by atoms with Crippen molar-refractivity contribution in [2.45, 2.75) is 59.1 Å². The molecule has 1 saturated carbocycles. The summed E-state index contributed by atoms with van der Waals surface area (Å²) in [7, 11) is 0. The molecule has 21 heavy (non-hydrogen) atoms. The number of nitrogens with zero attached hydrogens (tertiary/aromatic N) is 2. The Morgan fingerprint density at radius 3 is 2.76 bits per heavy atom. The summed E-state index contributed by atoms with van der Waals surface area (Å²) in [6.45, 7) is 7.29. The molecule has 0 radical (unpaired) electrons. The number of para-hydroxylation sites is 1. The number of nitrogen functional groups attached to an aromatic ring is 1. The molecule has 4 heteroatoms. The molecule has 0 saturated heterocycles. The number of ether oxygens (including phenoxy) is 1. The molecule has 4 nitrogen and oxygen atoms in total. The number of nitrogens with two attached hydrogens (primary N) is 1. The molecule has 0 atom stereocenters. The number of aromatic nitrogens is 2. The quantitative estimate of drug-likeness (QED) is 0.874. The lowest BCUT2D eigenvalue weighted by molar-refractivity contribution is 0.245. The summed E-state index contributed by atoms with van der Waals surface area (Å²) in [5.74, 6) is 1.43. The predicted octanol–water partition coefficient (Wildman–Crippen LogP) is 3.99. The van der Waals surface area contributed by atoms with Crippen LogP contribution in [0.2, 0.25) is 0 Å². The van der Waals surface area contributed by atoms with Gasteiger partial charge in [-0.3, -0.25) is 0 Å². The number of anilines is 1. The van der Waals surface area contributed by atoms with Crippen LogP contribution >= 0.6 is 0 Å². The third-order valence-corrected chi connectivity index (χ3v) is 4.37. The summed E-state index contributed by atoms with van der Waals surface area (Å²) in [4.78, 5) is 4.55. The Hall–Kier alpha value is -1.71. The number of hydrogen-bond donors (Lipinski definition) is 1. The minimum atomic E-state index is 0.136. The first kappa shape index (κ1) is 14.2. The fourth-order valence-corrected chi connectivity index (χ4v) is 3.18. The maximum absolute atomic E-state index is 6.18. The molecule has 0 aliphatic heterocycles. The Bertz CT molecular complexity index is 641. The lowest BCUT2D eigenvalue weighted by Gasteiger charge is -2.16. The van der Waals surface area contributed by atoms with E-state index in [0.717, 1.165) is 23.3 Å². The molecule has 1 aromatic heterocycles. The first-order valence-corrected chi connectivity index (χ1v) is 7.96. The molecule has 114 valence electrons. The van der Waals surface area contributed by atoms with Gasteiger partial charge in [0.05, 0.1) is 11.6 Å².